The van der Waals surface area contributed by atoms with Gasteiger partial charge in [-0.15, -0.1) is 0 Å². The van der Waals surface area contributed by atoms with Gasteiger partial charge in [0.1, 0.15) is 0 Å². The van der Waals surface area contributed by atoms with Crippen molar-refractivity contribution in [3.63, 3.8) is 0 Å². The fourth-order valence-electron chi connectivity index (χ4n) is 1.70. The minimum absolute atomic E-state index is 0.292. The second kappa shape index (κ2) is 3.81. The van der Waals surface area contributed by atoms with Crippen LogP contribution in [0.15, 0.2) is 30.5 Å². The van der Waals surface area contributed by atoms with E-state index in [9.17, 15) is 4.79 Å². The van der Waals surface area contributed by atoms with Crippen LogP contribution < -0.4 is 0 Å². The first-order valence-electron chi connectivity index (χ1n) is 4.92. The molecule has 4 heteroatoms. The van der Waals surface area contributed by atoms with E-state index in [4.69, 9.17) is 5.11 Å². The topological polar surface area (TPSA) is 55.1 Å². The lowest BCUT2D eigenvalue weighted by atomic mass is 10.0. The predicted octanol–water partition coefficient (Wildman–Crippen LogP) is 2.09. The Morgan fingerprint density at radius 3 is 2.75 bits per heavy atom. The van der Waals surface area contributed by atoms with Gasteiger partial charge in [0.15, 0.2) is 0 Å². The molecule has 2 rings (SSSR count). The molecular formula is C12H12N2O2. The molecule has 0 saturated carbocycles. The molecule has 1 aromatic heterocycles. The van der Waals surface area contributed by atoms with Gasteiger partial charge in [0.25, 0.3) is 0 Å². The smallest absolute Gasteiger partial charge is 0.335 e. The van der Waals surface area contributed by atoms with E-state index in [0.717, 1.165) is 16.8 Å². The molecule has 0 spiro atoms. The molecule has 0 radical (unpaired) electrons. The number of benzene rings is 1. The Hall–Kier alpha value is -2.10. The maximum atomic E-state index is 10.9. The van der Waals surface area contributed by atoms with Gasteiger partial charge in [-0.25, -0.2) is 4.79 Å². The van der Waals surface area contributed by atoms with Crippen LogP contribution in [0.3, 0.4) is 0 Å². The molecule has 4 nitrogen and oxygen atoms in total. The van der Waals surface area contributed by atoms with Crippen molar-refractivity contribution in [1.29, 1.82) is 0 Å². The zero-order valence-corrected chi connectivity index (χ0v) is 9.14. The van der Waals surface area contributed by atoms with Crippen LogP contribution in [0.5, 0.6) is 0 Å². The number of hydrogen-bond acceptors (Lipinski definition) is 2. The number of carboxylic acids is 1. The number of hydrogen-bond donors (Lipinski definition) is 1. The van der Waals surface area contributed by atoms with E-state index in [1.165, 1.54) is 0 Å². The lowest BCUT2D eigenvalue weighted by Crippen LogP contribution is -1.95. The third-order valence-electron chi connectivity index (χ3n) is 2.43. The van der Waals surface area contributed by atoms with Crippen LogP contribution in [0.4, 0.5) is 0 Å². The maximum Gasteiger partial charge on any atom is 0.335 e. The van der Waals surface area contributed by atoms with E-state index in [2.05, 4.69) is 5.10 Å². The van der Waals surface area contributed by atoms with E-state index in [0.29, 0.717) is 5.56 Å². The fourth-order valence-corrected chi connectivity index (χ4v) is 1.70. The summed E-state index contributed by atoms with van der Waals surface area (Å²) >= 11 is 0. The zero-order chi connectivity index (χ0) is 11.7. The molecule has 0 amide bonds. The highest BCUT2D eigenvalue weighted by molar-refractivity contribution is 5.89. The standard InChI is InChI=1S/C12H12N2O2/c1-8-11(7-14(2)13-8)9-4-3-5-10(6-9)12(15)16/h3-7H,1-2H3,(H,15,16). The molecule has 16 heavy (non-hydrogen) atoms. The quantitative estimate of drug-likeness (QED) is 0.836. The van der Waals surface area contributed by atoms with Crippen molar-refractivity contribution in [2.24, 2.45) is 7.05 Å². The molecule has 0 unspecified atom stereocenters. The highest BCUT2D eigenvalue weighted by atomic mass is 16.4. The van der Waals surface area contributed by atoms with Crippen molar-refractivity contribution < 1.29 is 9.90 Å². The van der Waals surface area contributed by atoms with Crippen molar-refractivity contribution in [1.82, 2.24) is 9.78 Å². The molecule has 2 aromatic rings. The lowest BCUT2D eigenvalue weighted by Gasteiger charge is -2.00. The van der Waals surface area contributed by atoms with Gasteiger partial charge in [0, 0.05) is 18.8 Å². The van der Waals surface area contributed by atoms with Gasteiger partial charge in [0.2, 0.25) is 0 Å². The number of carbonyl (C=O) groups is 1. The largest absolute Gasteiger partial charge is 0.478 e. The van der Waals surface area contributed by atoms with Crippen molar-refractivity contribution in [2.45, 2.75) is 6.92 Å². The minimum Gasteiger partial charge on any atom is -0.478 e. The summed E-state index contributed by atoms with van der Waals surface area (Å²) in [7, 11) is 1.84. The SMILES string of the molecule is Cc1nn(C)cc1-c1cccc(C(=O)O)c1. The second-order valence-corrected chi connectivity index (χ2v) is 3.69. The molecule has 0 saturated heterocycles. The molecule has 1 heterocycles. The summed E-state index contributed by atoms with van der Waals surface area (Å²) in [5.41, 5.74) is 3.03. The van der Waals surface area contributed by atoms with Crippen LogP contribution in [0.25, 0.3) is 11.1 Å². The zero-order valence-electron chi connectivity index (χ0n) is 9.14. The molecule has 1 N–H and O–H groups in total. The van der Waals surface area contributed by atoms with Gasteiger partial charge in [-0.1, -0.05) is 12.1 Å². The first kappa shape index (κ1) is 10.4. The first-order valence-corrected chi connectivity index (χ1v) is 4.92. The third kappa shape index (κ3) is 1.82. The summed E-state index contributed by atoms with van der Waals surface area (Å²) in [6, 6.07) is 6.87. The Morgan fingerprint density at radius 2 is 2.19 bits per heavy atom. The number of rotatable bonds is 2. The van der Waals surface area contributed by atoms with E-state index >= 15 is 0 Å². The summed E-state index contributed by atoms with van der Waals surface area (Å²) in [5, 5.41) is 13.1. The number of aromatic nitrogens is 2. The van der Waals surface area contributed by atoms with Crippen LogP contribution in [0, 0.1) is 6.92 Å². The number of aromatic carboxylic acids is 1. The Labute approximate surface area is 93.1 Å². The van der Waals surface area contributed by atoms with Crippen molar-refractivity contribution in [3.05, 3.63) is 41.7 Å². The van der Waals surface area contributed by atoms with Gasteiger partial charge in [-0.3, -0.25) is 4.68 Å². The summed E-state index contributed by atoms with van der Waals surface area (Å²) in [6.45, 7) is 1.91. The normalized spacial score (nSPS) is 10.4. The van der Waals surface area contributed by atoms with Crippen LogP contribution in [-0.2, 0) is 7.05 Å². The summed E-state index contributed by atoms with van der Waals surface area (Å²) in [4.78, 5) is 10.9. The minimum atomic E-state index is -0.914. The van der Waals surface area contributed by atoms with Gasteiger partial charge >= 0.3 is 5.97 Å². The van der Waals surface area contributed by atoms with Crippen molar-refractivity contribution >= 4 is 5.97 Å². The number of aryl methyl sites for hydroxylation is 2. The Balaban J connectivity index is 2.52. The van der Waals surface area contributed by atoms with Gasteiger partial charge in [0.05, 0.1) is 11.3 Å². The predicted molar refractivity (Wildman–Crippen MR) is 60.3 cm³/mol. The second-order valence-electron chi connectivity index (χ2n) is 3.69. The molecule has 0 bridgehead atoms. The van der Waals surface area contributed by atoms with E-state index in [1.807, 2.05) is 26.2 Å². The van der Waals surface area contributed by atoms with Crippen LogP contribution in [-0.4, -0.2) is 20.9 Å². The average Bonchev–Trinajstić information content (AvgIpc) is 2.58. The fraction of sp³-hybridized carbons (Fsp3) is 0.167. The molecular weight excluding hydrogens is 204 g/mol. The molecule has 82 valence electrons. The van der Waals surface area contributed by atoms with Gasteiger partial charge < -0.3 is 5.11 Å². The summed E-state index contributed by atoms with van der Waals surface area (Å²) in [6.07, 6.45) is 1.89. The van der Waals surface area contributed by atoms with Crippen LogP contribution in [0.1, 0.15) is 16.1 Å². The summed E-state index contributed by atoms with van der Waals surface area (Å²) in [5.74, 6) is -0.914. The van der Waals surface area contributed by atoms with Gasteiger partial charge in [-0.05, 0) is 24.6 Å². The van der Waals surface area contributed by atoms with Crippen molar-refractivity contribution in [3.8, 4) is 11.1 Å². The lowest BCUT2D eigenvalue weighted by molar-refractivity contribution is 0.0697. The highest BCUT2D eigenvalue weighted by Crippen LogP contribution is 2.23. The van der Waals surface area contributed by atoms with Crippen LogP contribution in [0.2, 0.25) is 0 Å². The molecule has 0 fully saturated rings. The molecule has 0 aliphatic rings. The third-order valence-corrected chi connectivity index (χ3v) is 2.43. The molecule has 0 aliphatic heterocycles. The Morgan fingerprint density at radius 1 is 1.44 bits per heavy atom. The monoisotopic (exact) mass is 216 g/mol. The average molecular weight is 216 g/mol. The van der Waals surface area contributed by atoms with E-state index in [1.54, 1.807) is 22.9 Å². The van der Waals surface area contributed by atoms with Crippen molar-refractivity contribution in [2.75, 3.05) is 0 Å². The van der Waals surface area contributed by atoms with E-state index in [-0.39, 0.29) is 0 Å². The number of nitrogens with zero attached hydrogens (tertiary/aromatic N) is 2. The highest BCUT2D eigenvalue weighted by Gasteiger charge is 2.08. The van der Waals surface area contributed by atoms with E-state index < -0.39 is 5.97 Å². The number of carboxylic acid groups (broad SMARTS) is 1. The van der Waals surface area contributed by atoms with Crippen LogP contribution >= 0.6 is 0 Å². The maximum absolute atomic E-state index is 10.9. The Kier molecular flexibility index (Phi) is 2.48. The molecule has 1 aromatic carbocycles. The first-order chi connectivity index (χ1) is 7.58. The Bertz CT molecular complexity index is 544. The van der Waals surface area contributed by atoms with Gasteiger partial charge in [-0.2, -0.15) is 5.10 Å². The summed E-state index contributed by atoms with van der Waals surface area (Å²) < 4.78 is 1.72. The molecule has 0 aliphatic carbocycles. The molecule has 0 atom stereocenters.